The van der Waals surface area contributed by atoms with Crippen LogP contribution in [0.4, 0.5) is 5.95 Å². The molecule has 1 aliphatic rings. The largest absolute Gasteiger partial charge is 0.507 e. The molecule has 0 saturated carbocycles. The first-order chi connectivity index (χ1) is 13.1. The van der Waals surface area contributed by atoms with Gasteiger partial charge in [-0.15, -0.1) is 10.2 Å². The van der Waals surface area contributed by atoms with Crippen LogP contribution in [0.2, 0.25) is 0 Å². The second-order valence-electron chi connectivity index (χ2n) is 6.92. The smallest absolute Gasteiger partial charge is 0.245 e. The fraction of sp³-hybridized carbons (Fsp3) is 0.389. The van der Waals surface area contributed by atoms with Crippen LogP contribution < -0.4 is 10.2 Å². The van der Waals surface area contributed by atoms with Gasteiger partial charge in [0.25, 0.3) is 0 Å². The predicted octanol–water partition coefficient (Wildman–Crippen LogP) is 2.20. The van der Waals surface area contributed by atoms with Gasteiger partial charge in [-0.25, -0.2) is 4.98 Å². The fourth-order valence-electron chi connectivity index (χ4n) is 3.14. The molecular weight excluding hydrogens is 362 g/mol. The molecule has 0 amide bonds. The average molecular weight is 383 g/mol. The van der Waals surface area contributed by atoms with Crippen molar-refractivity contribution in [3.05, 3.63) is 30.6 Å². The molecule has 3 aromatic rings. The van der Waals surface area contributed by atoms with Crippen LogP contribution in [-0.2, 0) is 0 Å². The fourth-order valence-corrected chi connectivity index (χ4v) is 3.58. The highest BCUT2D eigenvalue weighted by Gasteiger charge is 2.23. The van der Waals surface area contributed by atoms with Crippen LogP contribution in [0.15, 0.2) is 30.6 Å². The summed E-state index contributed by atoms with van der Waals surface area (Å²) < 4.78 is 8.17. The predicted molar refractivity (Wildman–Crippen MR) is 105 cm³/mol. The number of phenols is 1. The first-order valence-corrected chi connectivity index (χ1v) is 9.64. The lowest BCUT2D eigenvalue weighted by molar-refractivity contribution is 0.365. The summed E-state index contributed by atoms with van der Waals surface area (Å²) in [6, 6.07) is 5.75. The molecule has 140 valence electrons. The summed E-state index contributed by atoms with van der Waals surface area (Å²) in [6.45, 7) is 7.03. The SMILES string of the molecule is CC(C)[C@H]1CN(c2ncc(-c3ccc(-c4cnsn4)cc3O)nn2)CCN1. The van der Waals surface area contributed by atoms with Crippen molar-refractivity contribution in [2.24, 2.45) is 5.92 Å². The topological polar surface area (TPSA) is 100.0 Å². The third-order valence-electron chi connectivity index (χ3n) is 4.77. The van der Waals surface area contributed by atoms with E-state index in [0.29, 0.717) is 29.2 Å². The number of nitrogens with one attached hydrogen (secondary N) is 1. The Balaban J connectivity index is 1.54. The zero-order valence-electron chi connectivity index (χ0n) is 15.2. The van der Waals surface area contributed by atoms with Gasteiger partial charge < -0.3 is 15.3 Å². The second kappa shape index (κ2) is 7.53. The summed E-state index contributed by atoms with van der Waals surface area (Å²) in [5, 5.41) is 22.5. The zero-order chi connectivity index (χ0) is 18.8. The van der Waals surface area contributed by atoms with Crippen molar-refractivity contribution in [3.8, 4) is 28.3 Å². The lowest BCUT2D eigenvalue weighted by atomic mass is 10.0. The minimum atomic E-state index is 0.117. The maximum absolute atomic E-state index is 10.4. The van der Waals surface area contributed by atoms with Gasteiger partial charge in [-0.05, 0) is 18.1 Å². The Kier molecular flexibility index (Phi) is 4.95. The summed E-state index contributed by atoms with van der Waals surface area (Å²) in [5.74, 6) is 1.28. The minimum absolute atomic E-state index is 0.117. The van der Waals surface area contributed by atoms with Crippen LogP contribution in [0.5, 0.6) is 5.75 Å². The zero-order valence-corrected chi connectivity index (χ0v) is 16.0. The first kappa shape index (κ1) is 17.7. The third-order valence-corrected chi connectivity index (χ3v) is 5.25. The van der Waals surface area contributed by atoms with E-state index in [9.17, 15) is 5.11 Å². The molecule has 1 atom stereocenters. The van der Waals surface area contributed by atoms with E-state index in [1.54, 1.807) is 24.5 Å². The quantitative estimate of drug-likeness (QED) is 0.707. The van der Waals surface area contributed by atoms with E-state index in [1.165, 1.54) is 0 Å². The van der Waals surface area contributed by atoms with E-state index in [2.05, 4.69) is 48.0 Å². The molecule has 1 aliphatic heterocycles. The van der Waals surface area contributed by atoms with Crippen LogP contribution in [0.25, 0.3) is 22.5 Å². The summed E-state index contributed by atoms with van der Waals surface area (Å²) in [7, 11) is 0. The van der Waals surface area contributed by atoms with Gasteiger partial charge in [0.05, 0.1) is 24.1 Å². The molecular formula is C18H21N7OS. The Morgan fingerprint density at radius 2 is 2.11 bits per heavy atom. The normalized spacial score (nSPS) is 17.4. The van der Waals surface area contributed by atoms with Gasteiger partial charge in [-0.1, -0.05) is 19.9 Å². The third kappa shape index (κ3) is 3.74. The van der Waals surface area contributed by atoms with Crippen LogP contribution in [0.1, 0.15) is 13.8 Å². The van der Waals surface area contributed by atoms with Crippen LogP contribution in [0, 0.1) is 5.92 Å². The molecule has 0 spiro atoms. The summed E-state index contributed by atoms with van der Waals surface area (Å²) in [4.78, 5) is 6.63. The lowest BCUT2D eigenvalue weighted by Gasteiger charge is -2.35. The van der Waals surface area contributed by atoms with Gasteiger partial charge in [0.15, 0.2) is 0 Å². The molecule has 27 heavy (non-hydrogen) atoms. The maximum Gasteiger partial charge on any atom is 0.245 e. The van der Waals surface area contributed by atoms with Gasteiger partial charge in [-0.3, -0.25) is 0 Å². The van der Waals surface area contributed by atoms with Crippen LogP contribution in [-0.4, -0.2) is 54.7 Å². The Morgan fingerprint density at radius 3 is 2.78 bits per heavy atom. The number of benzene rings is 1. The molecule has 1 saturated heterocycles. The van der Waals surface area contributed by atoms with Crippen LogP contribution in [0.3, 0.4) is 0 Å². The van der Waals surface area contributed by atoms with Gasteiger partial charge in [0, 0.05) is 36.8 Å². The molecule has 3 heterocycles. The Bertz CT molecular complexity index is 899. The van der Waals surface area contributed by atoms with E-state index in [4.69, 9.17) is 0 Å². The maximum atomic E-state index is 10.4. The molecule has 0 unspecified atom stereocenters. The molecule has 0 bridgehead atoms. The number of anilines is 1. The van der Waals surface area contributed by atoms with Crippen molar-refractivity contribution in [3.63, 3.8) is 0 Å². The van der Waals surface area contributed by atoms with Gasteiger partial charge in [-0.2, -0.15) is 8.75 Å². The van der Waals surface area contributed by atoms with Crippen molar-refractivity contribution in [2.75, 3.05) is 24.5 Å². The molecule has 1 fully saturated rings. The summed E-state index contributed by atoms with van der Waals surface area (Å²) in [6.07, 6.45) is 3.33. The number of aromatic hydroxyl groups is 1. The first-order valence-electron chi connectivity index (χ1n) is 8.91. The molecule has 4 rings (SSSR count). The highest BCUT2D eigenvalue weighted by Crippen LogP contribution is 2.31. The molecule has 0 aliphatic carbocycles. The van der Waals surface area contributed by atoms with Crippen molar-refractivity contribution < 1.29 is 5.11 Å². The number of nitrogens with zero attached hydrogens (tertiary/aromatic N) is 6. The molecule has 9 heteroatoms. The number of piperazine rings is 1. The van der Waals surface area contributed by atoms with Crippen molar-refractivity contribution in [1.29, 1.82) is 0 Å². The molecule has 1 aromatic carbocycles. The summed E-state index contributed by atoms with van der Waals surface area (Å²) >= 11 is 1.13. The number of hydrogen-bond donors (Lipinski definition) is 2. The van der Waals surface area contributed by atoms with E-state index in [1.807, 2.05) is 6.07 Å². The number of hydrogen-bond acceptors (Lipinski definition) is 9. The average Bonchev–Trinajstić information content (AvgIpc) is 3.23. The number of aromatic nitrogens is 5. The molecule has 0 radical (unpaired) electrons. The highest BCUT2D eigenvalue weighted by molar-refractivity contribution is 6.99. The van der Waals surface area contributed by atoms with Crippen molar-refractivity contribution in [2.45, 2.75) is 19.9 Å². The monoisotopic (exact) mass is 383 g/mol. The summed E-state index contributed by atoms with van der Waals surface area (Å²) in [5.41, 5.74) is 2.67. The highest BCUT2D eigenvalue weighted by atomic mass is 32.1. The Labute approximate surface area is 161 Å². The van der Waals surface area contributed by atoms with Crippen molar-refractivity contribution in [1.82, 2.24) is 29.2 Å². The van der Waals surface area contributed by atoms with Gasteiger partial charge >= 0.3 is 0 Å². The molecule has 2 N–H and O–H groups in total. The van der Waals surface area contributed by atoms with E-state index >= 15 is 0 Å². The van der Waals surface area contributed by atoms with Gasteiger partial charge in [0.2, 0.25) is 5.95 Å². The Morgan fingerprint density at radius 1 is 1.22 bits per heavy atom. The second-order valence-corrected chi connectivity index (χ2v) is 7.48. The number of phenolic OH excluding ortho intramolecular Hbond substituents is 1. The Hall–Kier alpha value is -2.65. The minimum Gasteiger partial charge on any atom is -0.507 e. The van der Waals surface area contributed by atoms with E-state index in [-0.39, 0.29) is 5.75 Å². The van der Waals surface area contributed by atoms with Gasteiger partial charge in [0.1, 0.15) is 17.1 Å². The molecule has 8 nitrogen and oxygen atoms in total. The standard InChI is InChI=1S/C18H21N7OS/c1-11(2)16-10-25(6-5-19-16)18-20-8-15(22-23-18)13-4-3-12(7-17(13)26)14-9-21-27-24-14/h3-4,7-9,11,16,19,26H,5-6,10H2,1-2H3/t16-/m1/s1. The van der Waals surface area contributed by atoms with E-state index < -0.39 is 0 Å². The lowest BCUT2D eigenvalue weighted by Crippen LogP contribution is -2.53. The number of rotatable bonds is 4. The van der Waals surface area contributed by atoms with E-state index in [0.717, 1.165) is 42.6 Å². The van der Waals surface area contributed by atoms with Crippen LogP contribution >= 0.6 is 11.7 Å². The molecule has 2 aromatic heterocycles. The van der Waals surface area contributed by atoms with Crippen molar-refractivity contribution >= 4 is 17.7 Å².